The molecule has 2 N–H and O–H groups in total. The Labute approximate surface area is 124 Å². The quantitative estimate of drug-likeness (QED) is 0.856. The first-order valence-electron chi connectivity index (χ1n) is 6.76. The molecular formula is C17H19ClFN. The van der Waals surface area contributed by atoms with Crippen LogP contribution in [0.2, 0.25) is 5.02 Å². The Morgan fingerprint density at radius 2 is 1.65 bits per heavy atom. The van der Waals surface area contributed by atoms with Crippen LogP contribution in [0.4, 0.5) is 4.39 Å². The summed E-state index contributed by atoms with van der Waals surface area (Å²) in [4.78, 5) is 0. The van der Waals surface area contributed by atoms with Crippen LogP contribution in [0.3, 0.4) is 0 Å². The Morgan fingerprint density at radius 1 is 1.05 bits per heavy atom. The molecule has 0 amide bonds. The molecule has 0 aliphatic rings. The van der Waals surface area contributed by atoms with Crippen molar-refractivity contribution in [3.8, 4) is 0 Å². The fourth-order valence-electron chi connectivity index (χ4n) is 2.17. The lowest BCUT2D eigenvalue weighted by molar-refractivity contribution is 0.625. The third kappa shape index (κ3) is 3.59. The normalized spacial score (nSPS) is 12.7. The van der Waals surface area contributed by atoms with Crippen LogP contribution < -0.4 is 5.73 Å². The van der Waals surface area contributed by atoms with Gasteiger partial charge in [-0.25, -0.2) is 4.39 Å². The van der Waals surface area contributed by atoms with Gasteiger partial charge in [-0.05, 0) is 41.2 Å². The second-order valence-electron chi connectivity index (χ2n) is 5.37. The number of hydrogen-bond acceptors (Lipinski definition) is 1. The molecule has 1 unspecified atom stereocenters. The van der Waals surface area contributed by atoms with E-state index in [0.29, 0.717) is 17.4 Å². The highest BCUT2D eigenvalue weighted by molar-refractivity contribution is 6.31. The standard InChI is InChI=1S/C17H19ClFN/c1-11(2)12-3-5-13(6-4-12)17(20)9-14-7-8-15(19)10-16(14)18/h3-8,10-11,17H,9,20H2,1-2H3. The van der Waals surface area contributed by atoms with Crippen molar-refractivity contribution in [2.75, 3.05) is 0 Å². The van der Waals surface area contributed by atoms with E-state index in [0.717, 1.165) is 11.1 Å². The van der Waals surface area contributed by atoms with E-state index in [1.165, 1.54) is 17.7 Å². The van der Waals surface area contributed by atoms with Gasteiger partial charge in [0.1, 0.15) is 5.82 Å². The van der Waals surface area contributed by atoms with Gasteiger partial charge < -0.3 is 5.73 Å². The number of rotatable bonds is 4. The third-order valence-electron chi connectivity index (χ3n) is 3.49. The van der Waals surface area contributed by atoms with Gasteiger partial charge in [0.05, 0.1) is 0 Å². The van der Waals surface area contributed by atoms with Gasteiger partial charge in [-0.1, -0.05) is 55.8 Å². The van der Waals surface area contributed by atoms with Gasteiger partial charge in [-0.3, -0.25) is 0 Å². The predicted molar refractivity (Wildman–Crippen MR) is 82.6 cm³/mol. The fourth-order valence-corrected chi connectivity index (χ4v) is 2.41. The maximum atomic E-state index is 13.0. The lowest BCUT2D eigenvalue weighted by Crippen LogP contribution is -2.13. The van der Waals surface area contributed by atoms with E-state index in [1.54, 1.807) is 6.07 Å². The van der Waals surface area contributed by atoms with Crippen LogP contribution in [-0.2, 0) is 6.42 Å². The molecule has 1 atom stereocenters. The zero-order valence-corrected chi connectivity index (χ0v) is 12.5. The summed E-state index contributed by atoms with van der Waals surface area (Å²) in [6.45, 7) is 4.32. The molecule has 1 nitrogen and oxygen atoms in total. The van der Waals surface area contributed by atoms with Gasteiger partial charge in [0.25, 0.3) is 0 Å². The predicted octanol–water partition coefficient (Wildman–Crippen LogP) is 4.85. The summed E-state index contributed by atoms with van der Waals surface area (Å²) in [6.07, 6.45) is 0.597. The molecule has 0 bridgehead atoms. The SMILES string of the molecule is CC(C)c1ccc(C(N)Cc2ccc(F)cc2Cl)cc1. The molecule has 0 radical (unpaired) electrons. The molecule has 20 heavy (non-hydrogen) atoms. The number of nitrogens with two attached hydrogens (primary N) is 1. The topological polar surface area (TPSA) is 26.0 Å². The van der Waals surface area contributed by atoms with Crippen molar-refractivity contribution in [1.29, 1.82) is 0 Å². The average Bonchev–Trinajstić information content (AvgIpc) is 2.42. The zero-order valence-electron chi connectivity index (χ0n) is 11.7. The molecule has 0 saturated heterocycles. The summed E-state index contributed by atoms with van der Waals surface area (Å²) >= 11 is 6.03. The van der Waals surface area contributed by atoms with Gasteiger partial charge >= 0.3 is 0 Å². The Morgan fingerprint density at radius 3 is 2.20 bits per heavy atom. The first-order valence-corrected chi connectivity index (χ1v) is 7.14. The summed E-state index contributed by atoms with van der Waals surface area (Å²) in [5, 5.41) is 0.430. The minimum atomic E-state index is -0.325. The molecule has 0 aliphatic carbocycles. The second-order valence-corrected chi connectivity index (χ2v) is 5.77. The first kappa shape index (κ1) is 15.0. The summed E-state index contributed by atoms with van der Waals surface area (Å²) in [5.74, 6) is 0.181. The van der Waals surface area contributed by atoms with Crippen molar-refractivity contribution < 1.29 is 4.39 Å². The first-order chi connectivity index (χ1) is 9.47. The van der Waals surface area contributed by atoms with Crippen molar-refractivity contribution in [1.82, 2.24) is 0 Å². The van der Waals surface area contributed by atoms with Crippen molar-refractivity contribution in [2.24, 2.45) is 5.73 Å². The lowest BCUT2D eigenvalue weighted by atomic mass is 9.96. The zero-order chi connectivity index (χ0) is 14.7. The van der Waals surface area contributed by atoms with Crippen LogP contribution in [-0.4, -0.2) is 0 Å². The molecule has 2 aromatic rings. The van der Waals surface area contributed by atoms with Crippen LogP contribution in [0.15, 0.2) is 42.5 Å². The maximum absolute atomic E-state index is 13.0. The van der Waals surface area contributed by atoms with E-state index in [9.17, 15) is 4.39 Å². The van der Waals surface area contributed by atoms with Gasteiger partial charge in [-0.15, -0.1) is 0 Å². The van der Waals surface area contributed by atoms with Crippen molar-refractivity contribution >= 4 is 11.6 Å². The molecule has 0 saturated carbocycles. The van der Waals surface area contributed by atoms with Gasteiger partial charge in [-0.2, -0.15) is 0 Å². The van der Waals surface area contributed by atoms with Crippen LogP contribution in [0.25, 0.3) is 0 Å². The highest BCUT2D eigenvalue weighted by atomic mass is 35.5. The summed E-state index contributed by atoms with van der Waals surface area (Å²) in [5.41, 5.74) is 9.43. The Balaban J connectivity index is 2.13. The van der Waals surface area contributed by atoms with Gasteiger partial charge in [0.2, 0.25) is 0 Å². The van der Waals surface area contributed by atoms with E-state index >= 15 is 0 Å². The monoisotopic (exact) mass is 291 g/mol. The number of benzene rings is 2. The molecule has 0 heterocycles. The van der Waals surface area contributed by atoms with E-state index in [2.05, 4.69) is 38.1 Å². The molecule has 3 heteroatoms. The summed E-state index contributed by atoms with van der Waals surface area (Å²) < 4.78 is 13.0. The van der Waals surface area contributed by atoms with Crippen molar-refractivity contribution in [3.05, 3.63) is 70.0 Å². The molecule has 0 spiro atoms. The molecule has 106 valence electrons. The van der Waals surface area contributed by atoms with Crippen LogP contribution >= 0.6 is 11.6 Å². The molecule has 2 rings (SSSR count). The second kappa shape index (κ2) is 6.38. The molecule has 0 aromatic heterocycles. The largest absolute Gasteiger partial charge is 0.324 e. The molecular weight excluding hydrogens is 273 g/mol. The minimum Gasteiger partial charge on any atom is -0.324 e. The van der Waals surface area contributed by atoms with E-state index in [-0.39, 0.29) is 11.9 Å². The Bertz CT molecular complexity index is 578. The Hall–Kier alpha value is -1.38. The van der Waals surface area contributed by atoms with Crippen LogP contribution in [0.5, 0.6) is 0 Å². The van der Waals surface area contributed by atoms with Gasteiger partial charge in [0, 0.05) is 11.1 Å². The van der Waals surface area contributed by atoms with Crippen LogP contribution in [0, 0.1) is 5.82 Å². The highest BCUT2D eigenvalue weighted by Gasteiger charge is 2.10. The third-order valence-corrected chi connectivity index (χ3v) is 3.84. The smallest absolute Gasteiger partial charge is 0.124 e. The van der Waals surface area contributed by atoms with E-state index in [4.69, 9.17) is 17.3 Å². The summed E-state index contributed by atoms with van der Waals surface area (Å²) in [6, 6.07) is 12.6. The van der Waals surface area contributed by atoms with Crippen LogP contribution in [0.1, 0.15) is 42.5 Å². The maximum Gasteiger partial charge on any atom is 0.124 e. The van der Waals surface area contributed by atoms with E-state index < -0.39 is 0 Å². The Kier molecular flexibility index (Phi) is 4.79. The lowest BCUT2D eigenvalue weighted by Gasteiger charge is -2.14. The van der Waals surface area contributed by atoms with E-state index in [1.807, 2.05) is 0 Å². The number of halogens is 2. The fraction of sp³-hybridized carbons (Fsp3) is 0.294. The van der Waals surface area contributed by atoms with Gasteiger partial charge in [0.15, 0.2) is 0 Å². The summed E-state index contributed by atoms with van der Waals surface area (Å²) in [7, 11) is 0. The average molecular weight is 292 g/mol. The molecule has 0 fully saturated rings. The molecule has 2 aromatic carbocycles. The number of hydrogen-bond donors (Lipinski definition) is 1. The van der Waals surface area contributed by atoms with Crippen molar-refractivity contribution in [2.45, 2.75) is 32.2 Å². The van der Waals surface area contributed by atoms with Crippen molar-refractivity contribution in [3.63, 3.8) is 0 Å². The minimum absolute atomic E-state index is 0.140. The highest BCUT2D eigenvalue weighted by Crippen LogP contribution is 2.24. The molecule has 0 aliphatic heterocycles.